The first-order chi connectivity index (χ1) is 9.66. The van der Waals surface area contributed by atoms with Crippen molar-refractivity contribution >= 4 is 11.7 Å². The molecule has 2 aromatic rings. The maximum atomic E-state index is 13.7. The fraction of sp³-hybridized carbons (Fsp3) is 0.214. The molecule has 2 N–H and O–H groups in total. The van der Waals surface area contributed by atoms with Gasteiger partial charge in [-0.1, -0.05) is 12.1 Å². The second-order valence-corrected chi connectivity index (χ2v) is 4.64. The monoisotopic (exact) mass is 272 g/mol. The molecule has 3 rings (SSSR count). The Morgan fingerprint density at radius 2 is 2.10 bits per heavy atom. The minimum Gasteiger partial charge on any atom is -0.383 e. The van der Waals surface area contributed by atoms with Crippen LogP contribution in [-0.2, 0) is 13.0 Å². The summed E-state index contributed by atoms with van der Waals surface area (Å²) in [6.07, 6.45) is 1.97. The van der Waals surface area contributed by atoms with Gasteiger partial charge in [-0.15, -0.1) is 0 Å². The molecule has 0 radical (unpaired) electrons. The number of anilines is 1. The highest BCUT2D eigenvalue weighted by Crippen LogP contribution is 2.22. The van der Waals surface area contributed by atoms with Crippen LogP contribution in [0, 0.1) is 5.82 Å². The van der Waals surface area contributed by atoms with Crippen molar-refractivity contribution in [2.75, 3.05) is 12.3 Å². The number of nitrogen functional groups attached to an aromatic ring is 1. The van der Waals surface area contributed by atoms with E-state index in [1.165, 1.54) is 18.5 Å². The molecule has 0 aliphatic carbocycles. The summed E-state index contributed by atoms with van der Waals surface area (Å²) in [5.74, 6) is -0.385. The SMILES string of the molecule is Nc1ncnc2c1CCN(C(=O)c1ccccc1F)C2. The minimum atomic E-state index is -0.509. The number of hydrogen-bond donors (Lipinski definition) is 1. The van der Waals surface area contributed by atoms with Crippen LogP contribution in [0.5, 0.6) is 0 Å². The second-order valence-electron chi connectivity index (χ2n) is 4.64. The van der Waals surface area contributed by atoms with Crippen LogP contribution in [-0.4, -0.2) is 27.3 Å². The summed E-state index contributed by atoms with van der Waals surface area (Å²) in [5, 5.41) is 0. The third kappa shape index (κ3) is 2.09. The van der Waals surface area contributed by atoms with Crippen LogP contribution >= 0.6 is 0 Å². The lowest BCUT2D eigenvalue weighted by molar-refractivity contribution is 0.0727. The van der Waals surface area contributed by atoms with Crippen LogP contribution in [0.4, 0.5) is 10.2 Å². The van der Waals surface area contributed by atoms with E-state index in [9.17, 15) is 9.18 Å². The lowest BCUT2D eigenvalue weighted by atomic mass is 10.0. The quantitative estimate of drug-likeness (QED) is 0.851. The molecule has 2 heterocycles. The lowest BCUT2D eigenvalue weighted by Gasteiger charge is -2.28. The largest absolute Gasteiger partial charge is 0.383 e. The Bertz CT molecular complexity index is 674. The topological polar surface area (TPSA) is 72.1 Å². The van der Waals surface area contributed by atoms with E-state index < -0.39 is 5.82 Å². The average molecular weight is 272 g/mol. The first-order valence-corrected chi connectivity index (χ1v) is 6.29. The van der Waals surface area contributed by atoms with E-state index in [2.05, 4.69) is 9.97 Å². The summed E-state index contributed by atoms with van der Waals surface area (Å²) in [6, 6.07) is 5.98. The van der Waals surface area contributed by atoms with Gasteiger partial charge in [-0.2, -0.15) is 0 Å². The first-order valence-electron chi connectivity index (χ1n) is 6.29. The second kappa shape index (κ2) is 4.88. The van der Waals surface area contributed by atoms with E-state index in [1.807, 2.05) is 0 Å². The lowest BCUT2D eigenvalue weighted by Crippen LogP contribution is -2.37. The summed E-state index contributed by atoms with van der Waals surface area (Å²) in [5.41, 5.74) is 7.47. The Balaban J connectivity index is 1.88. The smallest absolute Gasteiger partial charge is 0.257 e. The van der Waals surface area contributed by atoms with Crippen LogP contribution < -0.4 is 5.73 Å². The Morgan fingerprint density at radius 1 is 1.30 bits per heavy atom. The van der Waals surface area contributed by atoms with Gasteiger partial charge in [-0.25, -0.2) is 14.4 Å². The Hall–Kier alpha value is -2.50. The predicted octanol–water partition coefficient (Wildman–Crippen LogP) is 1.40. The molecule has 0 saturated carbocycles. The van der Waals surface area contributed by atoms with Gasteiger partial charge in [0, 0.05) is 12.1 Å². The van der Waals surface area contributed by atoms with Gasteiger partial charge in [0.05, 0.1) is 17.8 Å². The number of carbonyl (C=O) groups is 1. The standard InChI is InChI=1S/C14H13FN4O/c15-11-4-2-1-3-9(11)14(20)19-6-5-10-12(7-19)17-8-18-13(10)16/h1-4,8H,5-7H2,(H2,16,17,18). The molecule has 1 aliphatic rings. The molecule has 0 unspecified atom stereocenters. The van der Waals surface area contributed by atoms with Gasteiger partial charge in [0.25, 0.3) is 5.91 Å². The van der Waals surface area contributed by atoms with Crippen LogP contribution in [0.25, 0.3) is 0 Å². The number of halogens is 1. The summed E-state index contributed by atoms with van der Waals surface area (Å²) < 4.78 is 13.7. The number of hydrogen-bond acceptors (Lipinski definition) is 4. The number of aromatic nitrogens is 2. The molecule has 1 amide bonds. The zero-order chi connectivity index (χ0) is 14.1. The van der Waals surface area contributed by atoms with Gasteiger partial charge < -0.3 is 10.6 Å². The molecule has 6 heteroatoms. The number of nitrogens with two attached hydrogens (primary N) is 1. The third-order valence-electron chi connectivity index (χ3n) is 3.43. The van der Waals surface area contributed by atoms with Crippen molar-refractivity contribution in [2.45, 2.75) is 13.0 Å². The van der Waals surface area contributed by atoms with E-state index in [0.717, 1.165) is 11.3 Å². The summed E-state index contributed by atoms with van der Waals surface area (Å²) in [7, 11) is 0. The number of carbonyl (C=O) groups excluding carboxylic acids is 1. The van der Waals surface area contributed by atoms with Crippen molar-refractivity contribution in [1.29, 1.82) is 0 Å². The van der Waals surface area contributed by atoms with Gasteiger partial charge in [0.1, 0.15) is 18.0 Å². The Kier molecular flexibility index (Phi) is 3.06. The average Bonchev–Trinajstić information content (AvgIpc) is 2.47. The predicted molar refractivity (Wildman–Crippen MR) is 71.3 cm³/mol. The van der Waals surface area contributed by atoms with E-state index in [1.54, 1.807) is 17.0 Å². The van der Waals surface area contributed by atoms with Gasteiger partial charge in [-0.3, -0.25) is 4.79 Å². The highest BCUT2D eigenvalue weighted by molar-refractivity contribution is 5.94. The number of amides is 1. The van der Waals surface area contributed by atoms with Crippen molar-refractivity contribution < 1.29 is 9.18 Å². The van der Waals surface area contributed by atoms with Crippen LogP contribution in [0.3, 0.4) is 0 Å². The Morgan fingerprint density at radius 3 is 2.90 bits per heavy atom. The third-order valence-corrected chi connectivity index (χ3v) is 3.43. The highest BCUT2D eigenvalue weighted by Gasteiger charge is 2.25. The molecule has 1 aliphatic heterocycles. The van der Waals surface area contributed by atoms with Gasteiger partial charge in [0.2, 0.25) is 0 Å². The van der Waals surface area contributed by atoms with Crippen molar-refractivity contribution in [3.8, 4) is 0 Å². The van der Waals surface area contributed by atoms with Gasteiger partial charge >= 0.3 is 0 Å². The summed E-state index contributed by atoms with van der Waals surface area (Å²) >= 11 is 0. The van der Waals surface area contributed by atoms with E-state index >= 15 is 0 Å². The van der Waals surface area contributed by atoms with E-state index in [4.69, 9.17) is 5.73 Å². The maximum Gasteiger partial charge on any atom is 0.257 e. The molecule has 102 valence electrons. The van der Waals surface area contributed by atoms with E-state index in [0.29, 0.717) is 25.3 Å². The van der Waals surface area contributed by atoms with E-state index in [-0.39, 0.29) is 11.5 Å². The molecule has 1 aromatic carbocycles. The van der Waals surface area contributed by atoms with Crippen molar-refractivity contribution in [3.05, 3.63) is 53.2 Å². The summed E-state index contributed by atoms with van der Waals surface area (Å²) in [6.45, 7) is 0.812. The fourth-order valence-electron chi connectivity index (χ4n) is 2.36. The van der Waals surface area contributed by atoms with Crippen LogP contribution in [0.1, 0.15) is 21.6 Å². The maximum absolute atomic E-state index is 13.7. The number of nitrogens with zero attached hydrogens (tertiary/aromatic N) is 3. The van der Waals surface area contributed by atoms with Crippen molar-refractivity contribution in [1.82, 2.24) is 14.9 Å². The minimum absolute atomic E-state index is 0.0815. The molecule has 0 fully saturated rings. The molecule has 0 bridgehead atoms. The normalized spacial score (nSPS) is 13.9. The number of benzene rings is 1. The van der Waals surface area contributed by atoms with Gasteiger partial charge in [0.15, 0.2) is 0 Å². The molecular weight excluding hydrogens is 259 g/mol. The molecular formula is C14H13FN4O. The molecule has 20 heavy (non-hydrogen) atoms. The van der Waals surface area contributed by atoms with Crippen molar-refractivity contribution in [3.63, 3.8) is 0 Å². The van der Waals surface area contributed by atoms with Crippen molar-refractivity contribution in [2.24, 2.45) is 0 Å². The summed E-state index contributed by atoms with van der Waals surface area (Å²) in [4.78, 5) is 22.0. The van der Waals surface area contributed by atoms with Crippen LogP contribution in [0.2, 0.25) is 0 Å². The molecule has 1 aromatic heterocycles. The van der Waals surface area contributed by atoms with Crippen LogP contribution in [0.15, 0.2) is 30.6 Å². The molecule has 0 spiro atoms. The zero-order valence-electron chi connectivity index (χ0n) is 10.7. The van der Waals surface area contributed by atoms with Gasteiger partial charge in [-0.05, 0) is 18.6 Å². The molecule has 5 nitrogen and oxygen atoms in total. The molecule has 0 atom stereocenters. The first kappa shape index (κ1) is 12.5. The number of rotatable bonds is 1. The zero-order valence-corrected chi connectivity index (χ0v) is 10.7. The Labute approximate surface area is 115 Å². The highest BCUT2D eigenvalue weighted by atomic mass is 19.1. The fourth-order valence-corrected chi connectivity index (χ4v) is 2.36. The number of fused-ring (bicyclic) bond motifs is 1. The molecule has 0 saturated heterocycles.